The Morgan fingerprint density at radius 3 is 2.83 bits per heavy atom. The van der Waals surface area contributed by atoms with E-state index in [-0.39, 0.29) is 6.10 Å². The molecular formula is C15H23NOS. The Balaban J connectivity index is 1.81. The van der Waals surface area contributed by atoms with Crippen LogP contribution in [-0.2, 0) is 0 Å². The van der Waals surface area contributed by atoms with Crippen LogP contribution in [0.2, 0.25) is 0 Å². The van der Waals surface area contributed by atoms with Crippen molar-refractivity contribution in [1.82, 2.24) is 0 Å². The molecule has 0 saturated heterocycles. The highest BCUT2D eigenvalue weighted by molar-refractivity contribution is 7.99. The van der Waals surface area contributed by atoms with Crippen LogP contribution in [0.5, 0.6) is 0 Å². The summed E-state index contributed by atoms with van der Waals surface area (Å²) < 4.78 is 0. The number of hydrogen-bond donors (Lipinski definition) is 2. The standard InChI is InChI=1S/C15H23NOS/c1-11-14(16)7-4-8-15(11)18-10-13(17)9-12-5-2-3-6-12/h4,7-8,12-13,17H,2-3,5-6,9-10,16H2,1H3. The largest absolute Gasteiger partial charge is 0.398 e. The van der Waals surface area contributed by atoms with Crippen LogP contribution in [0.1, 0.15) is 37.7 Å². The van der Waals surface area contributed by atoms with E-state index in [0.717, 1.165) is 29.3 Å². The summed E-state index contributed by atoms with van der Waals surface area (Å²) in [5.74, 6) is 1.53. The molecule has 0 spiro atoms. The fourth-order valence-corrected chi connectivity index (χ4v) is 3.69. The van der Waals surface area contributed by atoms with Gasteiger partial charge in [0.05, 0.1) is 6.10 Å². The minimum atomic E-state index is -0.182. The zero-order chi connectivity index (χ0) is 13.0. The Morgan fingerprint density at radius 1 is 1.39 bits per heavy atom. The molecule has 1 aromatic rings. The SMILES string of the molecule is Cc1c(N)cccc1SCC(O)CC1CCCC1. The molecule has 1 fully saturated rings. The summed E-state index contributed by atoms with van der Waals surface area (Å²) in [5, 5.41) is 10.1. The van der Waals surface area contributed by atoms with Gasteiger partial charge in [0.15, 0.2) is 0 Å². The van der Waals surface area contributed by atoms with Crippen molar-refractivity contribution in [2.45, 2.75) is 50.0 Å². The van der Waals surface area contributed by atoms with Gasteiger partial charge in [-0.25, -0.2) is 0 Å². The van der Waals surface area contributed by atoms with Gasteiger partial charge in [0, 0.05) is 16.3 Å². The van der Waals surface area contributed by atoms with Gasteiger partial charge in [-0.3, -0.25) is 0 Å². The van der Waals surface area contributed by atoms with E-state index < -0.39 is 0 Å². The molecule has 1 aliphatic carbocycles. The molecule has 1 atom stereocenters. The van der Waals surface area contributed by atoms with Crippen molar-refractivity contribution in [2.75, 3.05) is 11.5 Å². The lowest BCUT2D eigenvalue weighted by Crippen LogP contribution is -2.14. The van der Waals surface area contributed by atoms with E-state index in [1.54, 1.807) is 11.8 Å². The van der Waals surface area contributed by atoms with Gasteiger partial charge in [-0.1, -0.05) is 31.7 Å². The van der Waals surface area contributed by atoms with E-state index in [2.05, 4.69) is 6.07 Å². The van der Waals surface area contributed by atoms with Crippen LogP contribution in [-0.4, -0.2) is 17.0 Å². The van der Waals surface area contributed by atoms with Crippen LogP contribution >= 0.6 is 11.8 Å². The van der Waals surface area contributed by atoms with Gasteiger partial charge in [0.25, 0.3) is 0 Å². The minimum absolute atomic E-state index is 0.182. The minimum Gasteiger partial charge on any atom is -0.398 e. The summed E-state index contributed by atoms with van der Waals surface area (Å²) in [5.41, 5.74) is 7.86. The molecule has 1 aromatic carbocycles. The van der Waals surface area contributed by atoms with Crippen molar-refractivity contribution < 1.29 is 5.11 Å². The van der Waals surface area contributed by atoms with Gasteiger partial charge in [-0.2, -0.15) is 0 Å². The third-order valence-corrected chi connectivity index (χ3v) is 5.14. The molecule has 2 rings (SSSR count). The van der Waals surface area contributed by atoms with Crippen LogP contribution in [0.3, 0.4) is 0 Å². The Hall–Kier alpha value is -0.670. The number of aliphatic hydroxyl groups is 1. The van der Waals surface area contributed by atoms with Gasteiger partial charge in [-0.15, -0.1) is 11.8 Å². The summed E-state index contributed by atoms with van der Waals surface area (Å²) >= 11 is 1.72. The molecule has 0 amide bonds. The van der Waals surface area contributed by atoms with E-state index in [1.165, 1.54) is 30.6 Å². The van der Waals surface area contributed by atoms with Crippen molar-refractivity contribution >= 4 is 17.4 Å². The van der Waals surface area contributed by atoms with Crippen molar-refractivity contribution in [2.24, 2.45) is 5.92 Å². The number of nitrogen functional groups attached to an aromatic ring is 1. The second-order valence-corrected chi connectivity index (χ2v) is 6.38. The Kier molecular flexibility index (Phi) is 4.95. The zero-order valence-corrected chi connectivity index (χ0v) is 11.9. The third kappa shape index (κ3) is 3.66. The van der Waals surface area contributed by atoms with E-state index >= 15 is 0 Å². The Bertz CT molecular complexity index is 388. The highest BCUT2D eigenvalue weighted by atomic mass is 32.2. The molecule has 3 heteroatoms. The van der Waals surface area contributed by atoms with E-state index in [9.17, 15) is 5.11 Å². The molecule has 0 aliphatic heterocycles. The number of benzene rings is 1. The van der Waals surface area contributed by atoms with E-state index in [4.69, 9.17) is 5.73 Å². The molecule has 3 N–H and O–H groups in total. The maximum atomic E-state index is 10.1. The van der Waals surface area contributed by atoms with E-state index in [0.29, 0.717) is 0 Å². The van der Waals surface area contributed by atoms with Gasteiger partial charge in [0.2, 0.25) is 0 Å². The Labute approximate surface area is 114 Å². The van der Waals surface area contributed by atoms with Gasteiger partial charge in [-0.05, 0) is 37.0 Å². The Morgan fingerprint density at radius 2 is 2.11 bits per heavy atom. The first-order chi connectivity index (χ1) is 8.66. The number of thioether (sulfide) groups is 1. The molecule has 1 aliphatic rings. The predicted molar refractivity (Wildman–Crippen MR) is 78.9 cm³/mol. The molecule has 100 valence electrons. The summed E-state index contributed by atoms with van der Waals surface area (Å²) in [6.07, 6.45) is 6.09. The quantitative estimate of drug-likeness (QED) is 0.631. The zero-order valence-electron chi connectivity index (χ0n) is 11.1. The first-order valence-electron chi connectivity index (χ1n) is 6.82. The summed E-state index contributed by atoms with van der Waals surface area (Å²) in [6, 6.07) is 5.99. The summed E-state index contributed by atoms with van der Waals surface area (Å²) in [7, 11) is 0. The highest BCUT2D eigenvalue weighted by Gasteiger charge is 2.19. The topological polar surface area (TPSA) is 46.2 Å². The fourth-order valence-electron chi connectivity index (χ4n) is 2.67. The third-order valence-electron chi connectivity index (χ3n) is 3.84. The van der Waals surface area contributed by atoms with Crippen LogP contribution in [0.25, 0.3) is 0 Å². The lowest BCUT2D eigenvalue weighted by Gasteiger charge is -2.15. The monoisotopic (exact) mass is 265 g/mol. The lowest BCUT2D eigenvalue weighted by atomic mass is 10.0. The highest BCUT2D eigenvalue weighted by Crippen LogP contribution is 2.31. The van der Waals surface area contributed by atoms with Gasteiger partial charge < -0.3 is 10.8 Å². The molecule has 1 saturated carbocycles. The molecule has 0 radical (unpaired) electrons. The maximum absolute atomic E-state index is 10.1. The average molecular weight is 265 g/mol. The molecular weight excluding hydrogens is 242 g/mol. The van der Waals surface area contributed by atoms with Crippen LogP contribution in [0.15, 0.2) is 23.1 Å². The molecule has 0 heterocycles. The second-order valence-electron chi connectivity index (χ2n) is 5.32. The molecule has 1 unspecified atom stereocenters. The summed E-state index contributed by atoms with van der Waals surface area (Å²) in [6.45, 7) is 2.04. The van der Waals surface area contributed by atoms with Crippen LogP contribution in [0, 0.1) is 12.8 Å². The first kappa shape index (κ1) is 13.8. The van der Waals surface area contributed by atoms with Gasteiger partial charge in [0.1, 0.15) is 0 Å². The maximum Gasteiger partial charge on any atom is 0.0636 e. The molecule has 2 nitrogen and oxygen atoms in total. The van der Waals surface area contributed by atoms with E-state index in [1.807, 2.05) is 19.1 Å². The first-order valence-corrected chi connectivity index (χ1v) is 7.81. The predicted octanol–water partition coefficient (Wildman–Crippen LogP) is 3.61. The normalized spacial score (nSPS) is 18.1. The van der Waals surface area contributed by atoms with Crippen molar-refractivity contribution in [3.8, 4) is 0 Å². The van der Waals surface area contributed by atoms with Crippen molar-refractivity contribution in [3.63, 3.8) is 0 Å². The number of nitrogens with two attached hydrogens (primary N) is 1. The summed E-state index contributed by atoms with van der Waals surface area (Å²) in [4.78, 5) is 1.19. The number of aliphatic hydroxyl groups excluding tert-OH is 1. The number of anilines is 1. The second kappa shape index (κ2) is 6.48. The molecule has 0 bridgehead atoms. The number of rotatable bonds is 5. The van der Waals surface area contributed by atoms with Crippen molar-refractivity contribution in [3.05, 3.63) is 23.8 Å². The number of hydrogen-bond acceptors (Lipinski definition) is 3. The van der Waals surface area contributed by atoms with Crippen molar-refractivity contribution in [1.29, 1.82) is 0 Å². The molecule has 0 aromatic heterocycles. The van der Waals surface area contributed by atoms with Gasteiger partial charge >= 0.3 is 0 Å². The van der Waals surface area contributed by atoms with Crippen LogP contribution in [0.4, 0.5) is 5.69 Å². The fraction of sp³-hybridized carbons (Fsp3) is 0.600. The average Bonchev–Trinajstić information content (AvgIpc) is 2.84. The lowest BCUT2D eigenvalue weighted by molar-refractivity contribution is 0.166. The molecule has 18 heavy (non-hydrogen) atoms. The van der Waals surface area contributed by atoms with Crippen LogP contribution < -0.4 is 5.73 Å². The smallest absolute Gasteiger partial charge is 0.0636 e.